The molecule has 0 fully saturated rings. The third kappa shape index (κ3) is 2.53. The molecular formula is C8H12BP. The van der Waals surface area contributed by atoms with Crippen LogP contribution in [0.15, 0.2) is 30.3 Å². The van der Waals surface area contributed by atoms with Gasteiger partial charge in [0.2, 0.25) is 0 Å². The van der Waals surface area contributed by atoms with E-state index in [1.165, 1.54) is 5.30 Å². The lowest BCUT2D eigenvalue weighted by atomic mass is 9.84. The van der Waals surface area contributed by atoms with Crippen molar-refractivity contribution in [1.82, 2.24) is 0 Å². The maximum atomic E-state index is 2.26. The number of hydrogen-bond donors (Lipinski definition) is 0. The molecule has 0 N–H and O–H groups in total. The molecule has 1 aromatic carbocycles. The predicted molar refractivity (Wildman–Crippen MR) is 51.9 cm³/mol. The van der Waals surface area contributed by atoms with Crippen molar-refractivity contribution in [3.8, 4) is 0 Å². The second-order valence-corrected chi connectivity index (χ2v) is 4.69. The Morgan fingerprint density at radius 2 is 1.70 bits per heavy atom. The molecule has 1 unspecified atom stereocenters. The highest BCUT2D eigenvalue weighted by Crippen LogP contribution is 2.13. The van der Waals surface area contributed by atoms with Gasteiger partial charge in [-0.15, -0.1) is 8.46 Å². The third-order valence-electron chi connectivity index (χ3n) is 1.23. The second kappa shape index (κ2) is 3.78. The van der Waals surface area contributed by atoms with Crippen LogP contribution in [-0.4, -0.2) is 6.43 Å². The van der Waals surface area contributed by atoms with Crippen molar-refractivity contribution in [2.75, 3.05) is 0 Å². The standard InChI is InChI=1S/C8H12BP/c1-9(2)10-8-6-4-3-5-7-8/h3-7,10H,1-2H3. The first kappa shape index (κ1) is 7.82. The van der Waals surface area contributed by atoms with Crippen molar-refractivity contribution in [2.24, 2.45) is 0 Å². The van der Waals surface area contributed by atoms with Crippen LogP contribution >= 0.6 is 8.46 Å². The fourth-order valence-electron chi connectivity index (χ4n) is 0.868. The Labute approximate surface area is 64.9 Å². The van der Waals surface area contributed by atoms with Crippen LogP contribution in [0.1, 0.15) is 0 Å². The molecule has 0 radical (unpaired) electrons. The summed E-state index contributed by atoms with van der Waals surface area (Å²) in [6, 6.07) is 10.7. The summed E-state index contributed by atoms with van der Waals surface area (Å²) < 4.78 is 0. The minimum absolute atomic E-state index is 0.794. The molecule has 1 aromatic rings. The monoisotopic (exact) mass is 150 g/mol. The molecule has 0 bridgehead atoms. The molecule has 0 nitrogen and oxygen atoms in total. The first-order valence-corrected chi connectivity index (χ1v) is 4.68. The van der Waals surface area contributed by atoms with Gasteiger partial charge >= 0.3 is 0 Å². The van der Waals surface area contributed by atoms with Gasteiger partial charge in [0.15, 0.2) is 6.43 Å². The first-order valence-electron chi connectivity index (χ1n) is 3.60. The fourth-order valence-corrected chi connectivity index (χ4v) is 1.92. The molecule has 52 valence electrons. The fraction of sp³-hybridized carbons (Fsp3) is 0.250. The van der Waals surface area contributed by atoms with Crippen LogP contribution in [0.3, 0.4) is 0 Å². The van der Waals surface area contributed by atoms with E-state index in [1.807, 2.05) is 0 Å². The zero-order valence-electron chi connectivity index (χ0n) is 6.46. The van der Waals surface area contributed by atoms with Crippen molar-refractivity contribution < 1.29 is 0 Å². The van der Waals surface area contributed by atoms with Gasteiger partial charge in [0.25, 0.3) is 0 Å². The van der Waals surface area contributed by atoms with Gasteiger partial charge in [-0.1, -0.05) is 44.0 Å². The normalized spacial score (nSPS) is 10.6. The topological polar surface area (TPSA) is 0 Å². The van der Waals surface area contributed by atoms with Gasteiger partial charge in [-0.3, -0.25) is 0 Å². The van der Waals surface area contributed by atoms with Crippen molar-refractivity contribution >= 4 is 20.2 Å². The van der Waals surface area contributed by atoms with Gasteiger partial charge in [-0.05, 0) is 5.30 Å². The molecule has 2 heteroatoms. The molecule has 0 aliphatic heterocycles. The van der Waals surface area contributed by atoms with E-state index in [1.54, 1.807) is 0 Å². The molecule has 0 saturated heterocycles. The molecule has 0 aromatic heterocycles. The largest absolute Gasteiger partial charge is 0.166 e. The lowest BCUT2D eigenvalue weighted by molar-refractivity contribution is 1.78. The van der Waals surface area contributed by atoms with E-state index in [4.69, 9.17) is 0 Å². The van der Waals surface area contributed by atoms with Crippen LogP contribution in [0.25, 0.3) is 0 Å². The zero-order chi connectivity index (χ0) is 7.40. The molecule has 0 saturated carbocycles. The van der Waals surface area contributed by atoms with Crippen LogP contribution in [0.5, 0.6) is 0 Å². The third-order valence-corrected chi connectivity index (χ3v) is 2.47. The molecule has 1 rings (SSSR count). The molecule has 0 heterocycles. The van der Waals surface area contributed by atoms with E-state index in [2.05, 4.69) is 44.0 Å². The molecule has 10 heavy (non-hydrogen) atoms. The second-order valence-electron chi connectivity index (χ2n) is 2.67. The lowest BCUT2D eigenvalue weighted by Gasteiger charge is -2.00. The van der Waals surface area contributed by atoms with Crippen molar-refractivity contribution in [2.45, 2.75) is 13.6 Å². The highest BCUT2D eigenvalue weighted by Gasteiger charge is 1.97. The average Bonchev–Trinajstić information content (AvgIpc) is 1.88. The van der Waals surface area contributed by atoms with Crippen molar-refractivity contribution in [3.05, 3.63) is 30.3 Å². The smallest absolute Gasteiger partial charge is 0.125 e. The summed E-state index contributed by atoms with van der Waals surface area (Å²) >= 11 is 0. The van der Waals surface area contributed by atoms with E-state index < -0.39 is 0 Å². The summed E-state index contributed by atoms with van der Waals surface area (Å²) in [5, 5.41) is 1.47. The van der Waals surface area contributed by atoms with Crippen LogP contribution in [0.4, 0.5) is 0 Å². The Morgan fingerprint density at radius 3 is 2.20 bits per heavy atom. The lowest BCUT2D eigenvalue weighted by Crippen LogP contribution is -2.00. The summed E-state index contributed by atoms with van der Waals surface area (Å²) in [6.45, 7) is 4.51. The van der Waals surface area contributed by atoms with Gasteiger partial charge in [0.05, 0.1) is 0 Å². The Hall–Kier alpha value is -0.285. The maximum absolute atomic E-state index is 2.26. The maximum Gasteiger partial charge on any atom is 0.166 e. The Bertz CT molecular complexity index is 184. The van der Waals surface area contributed by atoms with Crippen molar-refractivity contribution in [3.63, 3.8) is 0 Å². The Morgan fingerprint density at radius 1 is 1.10 bits per heavy atom. The van der Waals surface area contributed by atoms with Gasteiger partial charge in [0, 0.05) is 0 Å². The van der Waals surface area contributed by atoms with E-state index in [-0.39, 0.29) is 0 Å². The van der Waals surface area contributed by atoms with Crippen LogP contribution in [-0.2, 0) is 0 Å². The predicted octanol–water partition coefficient (Wildman–Crippen LogP) is 2.24. The summed E-state index contributed by atoms with van der Waals surface area (Å²) in [5.74, 6) is 0. The van der Waals surface area contributed by atoms with Crippen LogP contribution in [0, 0.1) is 0 Å². The van der Waals surface area contributed by atoms with Gasteiger partial charge in [0.1, 0.15) is 0 Å². The summed E-state index contributed by atoms with van der Waals surface area (Å²) in [5.41, 5.74) is 0. The summed E-state index contributed by atoms with van der Waals surface area (Å²) in [6.07, 6.45) is 0.794. The summed E-state index contributed by atoms with van der Waals surface area (Å²) in [7, 11) is 0.961. The summed E-state index contributed by atoms with van der Waals surface area (Å²) in [4.78, 5) is 0. The molecule has 0 aliphatic rings. The highest BCUT2D eigenvalue weighted by atomic mass is 31.1. The van der Waals surface area contributed by atoms with E-state index >= 15 is 0 Å². The zero-order valence-corrected chi connectivity index (χ0v) is 7.46. The van der Waals surface area contributed by atoms with E-state index in [9.17, 15) is 0 Å². The number of benzene rings is 1. The van der Waals surface area contributed by atoms with Gasteiger partial charge in [-0.25, -0.2) is 0 Å². The Balaban J connectivity index is 2.59. The number of rotatable bonds is 2. The van der Waals surface area contributed by atoms with Crippen LogP contribution < -0.4 is 5.30 Å². The molecule has 1 atom stereocenters. The molecule has 0 aliphatic carbocycles. The molecular weight excluding hydrogens is 138 g/mol. The SMILES string of the molecule is CB(C)Pc1ccccc1. The minimum Gasteiger partial charge on any atom is -0.125 e. The van der Waals surface area contributed by atoms with E-state index in [0.717, 1.165) is 14.9 Å². The first-order chi connectivity index (χ1) is 4.79. The number of hydrogen-bond acceptors (Lipinski definition) is 0. The quantitative estimate of drug-likeness (QED) is 0.447. The minimum atomic E-state index is 0.794. The molecule has 0 spiro atoms. The Kier molecular flexibility index (Phi) is 2.95. The van der Waals surface area contributed by atoms with Crippen LogP contribution in [0.2, 0.25) is 13.6 Å². The van der Waals surface area contributed by atoms with Gasteiger partial charge < -0.3 is 0 Å². The van der Waals surface area contributed by atoms with Gasteiger partial charge in [-0.2, -0.15) is 0 Å². The van der Waals surface area contributed by atoms with E-state index in [0.29, 0.717) is 0 Å². The average molecular weight is 150 g/mol. The highest BCUT2D eigenvalue weighted by molar-refractivity contribution is 7.81. The molecule has 0 amide bonds. The van der Waals surface area contributed by atoms with Crippen molar-refractivity contribution in [1.29, 1.82) is 0 Å².